The summed E-state index contributed by atoms with van der Waals surface area (Å²) < 4.78 is 10.4. The number of aromatic nitrogens is 2. The van der Waals surface area contributed by atoms with Crippen LogP contribution in [0.15, 0.2) is 42.7 Å². The summed E-state index contributed by atoms with van der Waals surface area (Å²) in [5.41, 5.74) is 1.24. The van der Waals surface area contributed by atoms with Gasteiger partial charge in [-0.1, -0.05) is 63.6 Å². The summed E-state index contributed by atoms with van der Waals surface area (Å²) in [4.78, 5) is 0. The minimum absolute atomic E-state index is 0. The normalized spacial score (nSPS) is 10.6. The van der Waals surface area contributed by atoms with E-state index < -0.39 is 0 Å². The first kappa shape index (κ1) is 21.7. The van der Waals surface area contributed by atoms with Crippen LogP contribution in [-0.4, -0.2) is 11.2 Å². The summed E-state index contributed by atoms with van der Waals surface area (Å²) in [6.45, 7) is 6.89. The molecule has 0 unspecified atom stereocenters. The van der Waals surface area contributed by atoms with Crippen LogP contribution in [0.2, 0.25) is 0 Å². The minimum Gasteiger partial charge on any atom is -1.00 e. The topological polar surface area (TPSA) is 18.0 Å². The predicted octanol–water partition coefficient (Wildman–Crippen LogP) is 2.19. The highest BCUT2D eigenvalue weighted by atomic mass is 35.5. The number of ether oxygens (including phenoxy) is 1. The lowest BCUT2D eigenvalue weighted by Crippen LogP contribution is -3.00. The van der Waals surface area contributed by atoms with E-state index in [0.29, 0.717) is 6.73 Å². The standard InChI is InChI=1S/C21H33N2O.ClH/c1-3-5-6-7-8-9-13-18-24-19-23-17-16-22(4-2)21(23)20-14-11-10-12-15-20;/h10-12,14-17H,3-9,13,18-19H2,1-2H3;1H/q+1;/p-1. The zero-order chi connectivity index (χ0) is 17.0. The van der Waals surface area contributed by atoms with Gasteiger partial charge < -0.3 is 17.1 Å². The first-order valence-electron chi connectivity index (χ1n) is 9.58. The average molecular weight is 365 g/mol. The maximum absolute atomic E-state index is 5.92. The molecule has 25 heavy (non-hydrogen) atoms. The summed E-state index contributed by atoms with van der Waals surface area (Å²) in [6.07, 6.45) is 13.5. The van der Waals surface area contributed by atoms with E-state index in [-0.39, 0.29) is 12.4 Å². The van der Waals surface area contributed by atoms with Crippen LogP contribution in [0.4, 0.5) is 0 Å². The van der Waals surface area contributed by atoms with Gasteiger partial charge in [0.2, 0.25) is 0 Å². The second-order valence-electron chi connectivity index (χ2n) is 6.40. The molecule has 0 radical (unpaired) electrons. The van der Waals surface area contributed by atoms with E-state index in [9.17, 15) is 0 Å². The number of unbranched alkanes of at least 4 members (excludes halogenated alkanes) is 6. The van der Waals surface area contributed by atoms with Crippen molar-refractivity contribution in [3.05, 3.63) is 42.7 Å². The third-order valence-corrected chi connectivity index (χ3v) is 4.47. The van der Waals surface area contributed by atoms with Gasteiger partial charge in [0.15, 0.2) is 6.73 Å². The van der Waals surface area contributed by atoms with E-state index in [4.69, 9.17) is 4.74 Å². The quantitative estimate of drug-likeness (QED) is 0.417. The Labute approximate surface area is 159 Å². The Morgan fingerprint density at radius 3 is 2.28 bits per heavy atom. The minimum atomic E-state index is 0. The fraction of sp³-hybridized carbons (Fsp3) is 0.571. The first-order chi connectivity index (χ1) is 11.9. The van der Waals surface area contributed by atoms with E-state index >= 15 is 0 Å². The average Bonchev–Trinajstić information content (AvgIpc) is 3.04. The van der Waals surface area contributed by atoms with Crippen molar-refractivity contribution in [1.82, 2.24) is 4.57 Å². The van der Waals surface area contributed by atoms with E-state index in [1.807, 2.05) is 0 Å². The van der Waals surface area contributed by atoms with Crippen molar-refractivity contribution >= 4 is 0 Å². The van der Waals surface area contributed by atoms with Gasteiger partial charge in [-0.25, -0.2) is 9.13 Å². The predicted molar refractivity (Wildman–Crippen MR) is 99.7 cm³/mol. The molecule has 0 saturated heterocycles. The Hall–Kier alpha value is -1.32. The highest BCUT2D eigenvalue weighted by Gasteiger charge is 2.17. The molecule has 0 aliphatic rings. The lowest BCUT2D eigenvalue weighted by atomic mass is 10.1. The molecule has 2 rings (SSSR count). The first-order valence-corrected chi connectivity index (χ1v) is 9.58. The van der Waals surface area contributed by atoms with Gasteiger partial charge in [0.25, 0.3) is 5.82 Å². The Morgan fingerprint density at radius 1 is 0.920 bits per heavy atom. The molecular weight excluding hydrogens is 332 g/mol. The molecule has 0 saturated carbocycles. The maximum atomic E-state index is 5.92. The van der Waals surface area contributed by atoms with Crippen molar-refractivity contribution in [1.29, 1.82) is 0 Å². The third-order valence-electron chi connectivity index (χ3n) is 4.47. The lowest BCUT2D eigenvalue weighted by Gasteiger charge is -2.06. The number of hydrogen-bond acceptors (Lipinski definition) is 1. The highest BCUT2D eigenvalue weighted by Crippen LogP contribution is 2.15. The van der Waals surface area contributed by atoms with Gasteiger partial charge in [0, 0.05) is 0 Å². The van der Waals surface area contributed by atoms with E-state index in [0.717, 1.165) is 13.2 Å². The van der Waals surface area contributed by atoms with Crippen molar-refractivity contribution in [2.45, 2.75) is 72.1 Å². The van der Waals surface area contributed by atoms with Crippen molar-refractivity contribution in [2.75, 3.05) is 6.61 Å². The van der Waals surface area contributed by atoms with Gasteiger partial charge in [0.05, 0.1) is 18.7 Å². The van der Waals surface area contributed by atoms with Crippen LogP contribution < -0.4 is 17.0 Å². The van der Waals surface area contributed by atoms with Crippen LogP contribution in [0.5, 0.6) is 0 Å². The molecule has 0 amide bonds. The molecule has 1 heterocycles. The molecule has 3 nitrogen and oxygen atoms in total. The summed E-state index contributed by atoms with van der Waals surface area (Å²) in [6, 6.07) is 10.6. The van der Waals surface area contributed by atoms with Crippen molar-refractivity contribution in [3.63, 3.8) is 0 Å². The summed E-state index contributed by atoms with van der Waals surface area (Å²) in [5.74, 6) is 1.22. The molecule has 0 spiro atoms. The van der Waals surface area contributed by atoms with E-state index in [1.165, 1.54) is 56.3 Å². The fourth-order valence-corrected chi connectivity index (χ4v) is 3.07. The van der Waals surface area contributed by atoms with E-state index in [2.05, 4.69) is 65.7 Å². The van der Waals surface area contributed by atoms with Crippen LogP contribution >= 0.6 is 0 Å². The molecule has 1 aromatic carbocycles. The Bertz CT molecular complexity index is 569. The smallest absolute Gasteiger partial charge is 0.290 e. The fourth-order valence-electron chi connectivity index (χ4n) is 3.07. The van der Waals surface area contributed by atoms with Gasteiger partial charge in [-0.2, -0.15) is 0 Å². The van der Waals surface area contributed by atoms with Gasteiger partial charge in [0.1, 0.15) is 12.4 Å². The Balaban J connectivity index is 0.00000312. The molecule has 0 bridgehead atoms. The van der Waals surface area contributed by atoms with Crippen molar-refractivity contribution in [3.8, 4) is 11.4 Å². The summed E-state index contributed by atoms with van der Waals surface area (Å²) in [7, 11) is 0. The van der Waals surface area contributed by atoms with Crippen LogP contribution in [0.25, 0.3) is 11.4 Å². The number of imidazole rings is 1. The molecule has 0 aliphatic carbocycles. The van der Waals surface area contributed by atoms with Crippen LogP contribution in [0, 0.1) is 0 Å². The second-order valence-corrected chi connectivity index (χ2v) is 6.40. The molecule has 0 N–H and O–H groups in total. The maximum Gasteiger partial charge on any atom is 0.290 e. The Kier molecular flexibility index (Phi) is 11.3. The van der Waals surface area contributed by atoms with Gasteiger partial charge in [-0.15, -0.1) is 0 Å². The highest BCUT2D eigenvalue weighted by molar-refractivity contribution is 5.52. The van der Waals surface area contributed by atoms with Crippen LogP contribution in [0.3, 0.4) is 0 Å². The summed E-state index contributed by atoms with van der Waals surface area (Å²) in [5, 5.41) is 0. The number of nitrogens with zero attached hydrogens (tertiary/aromatic N) is 2. The molecular formula is C21H33ClN2O. The van der Waals surface area contributed by atoms with Crippen LogP contribution in [-0.2, 0) is 18.0 Å². The third kappa shape index (κ3) is 7.21. The Morgan fingerprint density at radius 2 is 1.60 bits per heavy atom. The molecule has 4 heteroatoms. The van der Waals surface area contributed by atoms with Crippen molar-refractivity contribution in [2.24, 2.45) is 0 Å². The zero-order valence-corrected chi connectivity index (χ0v) is 16.5. The van der Waals surface area contributed by atoms with Gasteiger partial charge in [-0.05, 0) is 25.5 Å². The molecule has 0 aliphatic heterocycles. The SMILES string of the molecule is CCCCCCCCCOC[n+]1ccn(CC)c1-c1ccccc1.[Cl-]. The van der Waals surface area contributed by atoms with Crippen LogP contribution in [0.1, 0.15) is 58.8 Å². The number of hydrogen-bond donors (Lipinski definition) is 0. The molecule has 0 atom stereocenters. The number of rotatable bonds is 12. The van der Waals surface area contributed by atoms with Gasteiger partial charge >= 0.3 is 0 Å². The van der Waals surface area contributed by atoms with Gasteiger partial charge in [-0.3, -0.25) is 0 Å². The second kappa shape index (κ2) is 13.0. The number of aryl methyl sites for hydroxylation is 1. The zero-order valence-electron chi connectivity index (χ0n) is 15.8. The summed E-state index contributed by atoms with van der Waals surface area (Å²) >= 11 is 0. The number of benzene rings is 1. The molecule has 1 aromatic heterocycles. The molecule has 2 aromatic rings. The monoisotopic (exact) mass is 364 g/mol. The lowest BCUT2D eigenvalue weighted by molar-refractivity contribution is -0.722. The number of halogens is 1. The molecule has 140 valence electrons. The van der Waals surface area contributed by atoms with E-state index in [1.54, 1.807) is 0 Å². The largest absolute Gasteiger partial charge is 1.00 e. The van der Waals surface area contributed by atoms with Crippen molar-refractivity contribution < 1.29 is 21.7 Å². The molecule has 0 fully saturated rings.